The molecule has 0 amide bonds. The van der Waals surface area contributed by atoms with E-state index in [1.807, 2.05) is 41.2 Å². The number of fused-ring (bicyclic) bond motifs is 1. The van der Waals surface area contributed by atoms with Crippen molar-refractivity contribution < 1.29 is 0 Å². The van der Waals surface area contributed by atoms with E-state index in [0.717, 1.165) is 53.9 Å². The number of pyridine rings is 1. The average Bonchev–Trinajstić information content (AvgIpc) is 3.32. The molecular weight excluding hydrogens is 398 g/mol. The molecular formula is C26H25N5O. The molecule has 1 fully saturated rings. The van der Waals surface area contributed by atoms with Crippen LogP contribution in [0.4, 0.5) is 5.69 Å². The van der Waals surface area contributed by atoms with Crippen molar-refractivity contribution in [1.82, 2.24) is 14.3 Å². The number of nitriles is 1. The molecule has 5 rings (SSSR count). The quantitative estimate of drug-likeness (QED) is 0.493. The number of rotatable bonds is 3. The molecule has 6 heteroatoms. The standard InChI is InChI=1S/C26H25N5O/c1-18-6-5-7-20(16-18)31-15-12-23(28-31)19-10-13-30(14-11-19)25-21-8-3-4-9-24(21)29(2)26(32)22(25)17-27/h3-9,12,15-16,19H,10-11,13-14H2,1-2H3. The van der Waals surface area contributed by atoms with Crippen molar-refractivity contribution in [2.45, 2.75) is 25.7 Å². The van der Waals surface area contributed by atoms with Crippen LogP contribution < -0.4 is 10.5 Å². The highest BCUT2D eigenvalue weighted by Gasteiger charge is 2.27. The molecule has 0 spiro atoms. The van der Waals surface area contributed by atoms with Gasteiger partial charge in [0.1, 0.15) is 11.6 Å². The fourth-order valence-corrected chi connectivity index (χ4v) is 4.78. The summed E-state index contributed by atoms with van der Waals surface area (Å²) in [4.78, 5) is 15.0. The van der Waals surface area contributed by atoms with Crippen LogP contribution in [0.15, 0.2) is 65.6 Å². The fraction of sp³-hybridized carbons (Fsp3) is 0.269. The molecule has 0 N–H and O–H groups in total. The smallest absolute Gasteiger partial charge is 0.270 e. The van der Waals surface area contributed by atoms with Crippen molar-refractivity contribution in [2.75, 3.05) is 18.0 Å². The second-order valence-corrected chi connectivity index (χ2v) is 8.50. The second-order valence-electron chi connectivity index (χ2n) is 8.50. The van der Waals surface area contributed by atoms with Crippen molar-refractivity contribution in [3.05, 3.63) is 88.0 Å². The van der Waals surface area contributed by atoms with Crippen molar-refractivity contribution in [1.29, 1.82) is 5.26 Å². The Balaban J connectivity index is 1.42. The molecule has 1 saturated heterocycles. The van der Waals surface area contributed by atoms with Crippen molar-refractivity contribution in [3.8, 4) is 11.8 Å². The lowest BCUT2D eigenvalue weighted by Gasteiger charge is -2.34. The number of benzene rings is 2. The van der Waals surface area contributed by atoms with Gasteiger partial charge in [0.05, 0.1) is 22.6 Å². The summed E-state index contributed by atoms with van der Waals surface area (Å²) in [6.07, 6.45) is 3.89. The topological polar surface area (TPSA) is 66.8 Å². The molecule has 0 bridgehead atoms. The first-order valence-electron chi connectivity index (χ1n) is 11.0. The first kappa shape index (κ1) is 20.1. The fourth-order valence-electron chi connectivity index (χ4n) is 4.78. The zero-order chi connectivity index (χ0) is 22.2. The Hall–Kier alpha value is -3.85. The third kappa shape index (κ3) is 3.36. The third-order valence-corrected chi connectivity index (χ3v) is 6.49. The Morgan fingerprint density at radius 3 is 2.59 bits per heavy atom. The summed E-state index contributed by atoms with van der Waals surface area (Å²) in [5.74, 6) is 0.362. The third-order valence-electron chi connectivity index (χ3n) is 6.49. The van der Waals surface area contributed by atoms with Crippen molar-refractivity contribution >= 4 is 16.6 Å². The van der Waals surface area contributed by atoms with E-state index in [2.05, 4.69) is 42.2 Å². The molecule has 32 heavy (non-hydrogen) atoms. The van der Waals surface area contributed by atoms with Gasteiger partial charge in [-0.1, -0.05) is 30.3 Å². The first-order valence-corrected chi connectivity index (χ1v) is 11.0. The molecule has 160 valence electrons. The van der Waals surface area contributed by atoms with Crippen LogP contribution in [0.25, 0.3) is 16.6 Å². The summed E-state index contributed by atoms with van der Waals surface area (Å²) < 4.78 is 3.51. The van der Waals surface area contributed by atoms with Gasteiger partial charge in [0, 0.05) is 37.6 Å². The van der Waals surface area contributed by atoms with Gasteiger partial charge in [-0.2, -0.15) is 10.4 Å². The van der Waals surface area contributed by atoms with Gasteiger partial charge >= 0.3 is 0 Å². The highest BCUT2D eigenvalue weighted by atomic mass is 16.1. The van der Waals surface area contributed by atoms with Crippen LogP contribution >= 0.6 is 0 Å². The summed E-state index contributed by atoms with van der Waals surface area (Å²) >= 11 is 0. The Morgan fingerprint density at radius 2 is 1.84 bits per heavy atom. The minimum Gasteiger partial charge on any atom is -0.370 e. The predicted molar refractivity (Wildman–Crippen MR) is 126 cm³/mol. The van der Waals surface area contributed by atoms with Gasteiger partial charge in [-0.25, -0.2) is 4.68 Å². The van der Waals surface area contributed by atoms with Gasteiger partial charge in [-0.05, 0) is 49.6 Å². The van der Waals surface area contributed by atoms with Crippen LogP contribution in [0.3, 0.4) is 0 Å². The van der Waals surface area contributed by atoms with E-state index in [0.29, 0.717) is 5.92 Å². The number of hydrogen-bond donors (Lipinski definition) is 0. The molecule has 3 heterocycles. The molecule has 0 saturated carbocycles. The van der Waals surface area contributed by atoms with E-state index in [4.69, 9.17) is 5.10 Å². The Morgan fingerprint density at radius 1 is 1.06 bits per heavy atom. The summed E-state index contributed by atoms with van der Waals surface area (Å²) in [6, 6.07) is 20.4. The van der Waals surface area contributed by atoms with Gasteiger partial charge in [-0.3, -0.25) is 4.79 Å². The molecule has 4 aromatic rings. The largest absolute Gasteiger partial charge is 0.370 e. The minimum absolute atomic E-state index is 0.230. The van der Waals surface area contributed by atoms with E-state index in [9.17, 15) is 10.1 Å². The average molecular weight is 424 g/mol. The summed E-state index contributed by atoms with van der Waals surface area (Å²) in [5, 5.41) is 15.6. The van der Waals surface area contributed by atoms with Crippen molar-refractivity contribution in [3.63, 3.8) is 0 Å². The molecule has 0 unspecified atom stereocenters. The zero-order valence-electron chi connectivity index (χ0n) is 18.3. The molecule has 2 aromatic heterocycles. The summed E-state index contributed by atoms with van der Waals surface area (Å²) in [6.45, 7) is 3.65. The van der Waals surface area contributed by atoms with Gasteiger partial charge in [0.2, 0.25) is 0 Å². The molecule has 0 aliphatic carbocycles. The molecule has 0 atom stereocenters. The number of para-hydroxylation sites is 1. The minimum atomic E-state index is -0.236. The monoisotopic (exact) mass is 423 g/mol. The highest BCUT2D eigenvalue weighted by Crippen LogP contribution is 2.34. The molecule has 0 radical (unpaired) electrons. The van der Waals surface area contributed by atoms with Gasteiger partial charge < -0.3 is 9.47 Å². The lowest BCUT2D eigenvalue weighted by Crippen LogP contribution is -2.35. The lowest BCUT2D eigenvalue weighted by molar-refractivity contribution is 0.493. The van der Waals surface area contributed by atoms with E-state index in [1.54, 1.807) is 11.6 Å². The van der Waals surface area contributed by atoms with Crippen LogP contribution in [-0.2, 0) is 7.05 Å². The van der Waals surface area contributed by atoms with E-state index in [1.165, 1.54) is 5.56 Å². The number of nitrogens with zero attached hydrogens (tertiary/aromatic N) is 5. The SMILES string of the molecule is Cc1cccc(-n2ccc(C3CCN(c4c(C#N)c(=O)n(C)c5ccccc45)CC3)n2)c1. The normalized spacial score (nSPS) is 14.6. The van der Waals surface area contributed by atoms with Gasteiger partial charge in [-0.15, -0.1) is 0 Å². The number of aromatic nitrogens is 3. The van der Waals surface area contributed by atoms with Gasteiger partial charge in [0.25, 0.3) is 5.56 Å². The Kier molecular flexibility index (Phi) is 5.02. The number of piperidine rings is 1. The second kappa shape index (κ2) is 8.01. The number of aryl methyl sites for hydroxylation is 2. The maximum Gasteiger partial charge on any atom is 0.270 e. The first-order chi connectivity index (χ1) is 15.6. The van der Waals surface area contributed by atoms with Crippen molar-refractivity contribution in [2.24, 2.45) is 7.05 Å². The number of hydrogen-bond acceptors (Lipinski definition) is 4. The Bertz CT molecular complexity index is 1400. The number of anilines is 1. The lowest BCUT2D eigenvalue weighted by atomic mass is 9.92. The Labute approximate surface area is 186 Å². The van der Waals surface area contributed by atoms with E-state index in [-0.39, 0.29) is 11.1 Å². The highest BCUT2D eigenvalue weighted by molar-refractivity contribution is 5.94. The maximum atomic E-state index is 12.8. The molecule has 1 aliphatic rings. The van der Waals surface area contributed by atoms with Gasteiger partial charge in [0.15, 0.2) is 0 Å². The van der Waals surface area contributed by atoms with Crippen LogP contribution in [0.1, 0.15) is 35.6 Å². The maximum absolute atomic E-state index is 12.8. The zero-order valence-corrected chi connectivity index (χ0v) is 18.3. The summed E-state index contributed by atoms with van der Waals surface area (Å²) in [7, 11) is 1.73. The molecule has 1 aliphatic heterocycles. The predicted octanol–water partition coefficient (Wildman–Crippen LogP) is 4.29. The van der Waals surface area contributed by atoms with Crippen LogP contribution in [0.2, 0.25) is 0 Å². The van der Waals surface area contributed by atoms with E-state index >= 15 is 0 Å². The van der Waals surface area contributed by atoms with E-state index < -0.39 is 0 Å². The van der Waals surface area contributed by atoms with Crippen LogP contribution in [0.5, 0.6) is 0 Å². The summed E-state index contributed by atoms with van der Waals surface area (Å²) in [5.41, 5.74) is 5.00. The van der Waals surface area contributed by atoms with Crippen LogP contribution in [-0.4, -0.2) is 27.4 Å². The van der Waals surface area contributed by atoms with Crippen LogP contribution in [0, 0.1) is 18.3 Å². The molecule has 2 aromatic carbocycles. The molecule has 6 nitrogen and oxygen atoms in total.